The molecule has 1 amide bonds. The first-order chi connectivity index (χ1) is 14.2. The van der Waals surface area contributed by atoms with Crippen molar-refractivity contribution >= 4 is 17.5 Å². The molecule has 0 aliphatic carbocycles. The van der Waals surface area contributed by atoms with Gasteiger partial charge in [-0.05, 0) is 61.6 Å². The lowest BCUT2D eigenvalue weighted by atomic mass is 10.1. The summed E-state index contributed by atoms with van der Waals surface area (Å²) in [6, 6.07) is 8.13. The molecule has 1 aromatic heterocycles. The van der Waals surface area contributed by atoms with Crippen molar-refractivity contribution in [3.8, 4) is 11.5 Å². The topological polar surface area (TPSA) is 63.7 Å². The Morgan fingerprint density at radius 1 is 1.21 bits per heavy atom. The van der Waals surface area contributed by atoms with E-state index in [1.54, 1.807) is 6.07 Å². The summed E-state index contributed by atoms with van der Waals surface area (Å²) in [6.45, 7) is 2.57. The highest BCUT2D eigenvalue weighted by Gasteiger charge is 2.29. The van der Waals surface area contributed by atoms with Crippen LogP contribution in [0, 0.1) is 0 Å². The highest BCUT2D eigenvalue weighted by molar-refractivity contribution is 6.31. The van der Waals surface area contributed by atoms with Crippen LogP contribution in [-0.4, -0.2) is 41.7 Å². The van der Waals surface area contributed by atoms with Crippen molar-refractivity contribution in [2.75, 3.05) is 19.9 Å². The van der Waals surface area contributed by atoms with Gasteiger partial charge < -0.3 is 19.7 Å². The monoisotopic (exact) mass is 415 g/mol. The normalized spacial score (nSPS) is 17.9. The third-order valence-corrected chi connectivity index (χ3v) is 5.93. The number of hydrogen-bond acceptors (Lipinski definition) is 5. The summed E-state index contributed by atoms with van der Waals surface area (Å²) in [6.07, 6.45) is 8.14. The molecule has 3 heterocycles. The molecule has 1 saturated heterocycles. The maximum Gasteiger partial charge on any atom is 0.231 e. The number of carbonyl (C=O) groups is 1. The number of likely N-dealkylation sites (tertiary alicyclic amines) is 1. The number of hydrogen-bond donors (Lipinski definition) is 1. The zero-order chi connectivity index (χ0) is 20.1. The first-order valence-electron chi connectivity index (χ1n) is 10.2. The van der Waals surface area contributed by atoms with Crippen LogP contribution in [-0.2, 0) is 17.8 Å². The number of halogens is 1. The van der Waals surface area contributed by atoms with E-state index in [1.165, 1.54) is 5.56 Å². The Kier molecular flexibility index (Phi) is 6.52. The highest BCUT2D eigenvalue weighted by Crippen LogP contribution is 2.36. The number of ether oxygens (including phenoxy) is 2. The maximum atomic E-state index is 12.3. The minimum atomic E-state index is 0.245. The van der Waals surface area contributed by atoms with Gasteiger partial charge in [0.15, 0.2) is 11.5 Å². The Bertz CT molecular complexity index is 847. The van der Waals surface area contributed by atoms with Gasteiger partial charge in [-0.3, -0.25) is 9.78 Å². The summed E-state index contributed by atoms with van der Waals surface area (Å²) in [7, 11) is 0. The second kappa shape index (κ2) is 9.46. The van der Waals surface area contributed by atoms with E-state index in [-0.39, 0.29) is 12.7 Å². The zero-order valence-electron chi connectivity index (χ0n) is 16.4. The number of rotatable bonds is 9. The molecule has 1 aromatic carbocycles. The maximum absolute atomic E-state index is 12.3. The van der Waals surface area contributed by atoms with Crippen LogP contribution in [0.3, 0.4) is 0 Å². The predicted molar refractivity (Wildman–Crippen MR) is 111 cm³/mol. The number of aryl methyl sites for hydroxylation is 1. The van der Waals surface area contributed by atoms with E-state index >= 15 is 0 Å². The highest BCUT2D eigenvalue weighted by atomic mass is 35.5. The van der Waals surface area contributed by atoms with Crippen LogP contribution in [0.4, 0.5) is 0 Å². The van der Waals surface area contributed by atoms with Gasteiger partial charge in [0.1, 0.15) is 0 Å². The summed E-state index contributed by atoms with van der Waals surface area (Å²) < 4.78 is 10.8. The van der Waals surface area contributed by atoms with E-state index in [2.05, 4.69) is 15.2 Å². The standard InChI is InChI=1S/C22H26ClN3O3/c23-19-13-21-20(28-15-29-21)12-17(19)14-25-10-7-18-3-4-22(27)26(18)11-1-2-16-5-8-24-9-6-16/h5-6,8-9,12-13,18,25H,1-4,7,10-11,14-15H2/t18-/m1/s1. The van der Waals surface area contributed by atoms with Crippen molar-refractivity contribution in [1.29, 1.82) is 0 Å². The minimum Gasteiger partial charge on any atom is -0.454 e. The van der Waals surface area contributed by atoms with E-state index in [1.807, 2.05) is 30.6 Å². The fraction of sp³-hybridized carbons (Fsp3) is 0.455. The van der Waals surface area contributed by atoms with Gasteiger partial charge in [0.25, 0.3) is 0 Å². The van der Waals surface area contributed by atoms with E-state index in [0.29, 0.717) is 29.8 Å². The first kappa shape index (κ1) is 20.0. The second-order valence-corrected chi connectivity index (χ2v) is 7.91. The Balaban J connectivity index is 1.22. The van der Waals surface area contributed by atoms with E-state index < -0.39 is 0 Å². The molecule has 4 rings (SSSR count). The second-order valence-electron chi connectivity index (χ2n) is 7.50. The lowest BCUT2D eigenvalue weighted by molar-refractivity contribution is -0.129. The SMILES string of the molecule is O=C1CC[C@H](CCNCc2cc3c(cc2Cl)OCO3)N1CCCc1ccncc1. The molecule has 2 aromatic rings. The fourth-order valence-electron chi connectivity index (χ4n) is 3.99. The van der Waals surface area contributed by atoms with E-state index in [0.717, 1.165) is 50.1 Å². The Labute approximate surface area is 176 Å². The van der Waals surface area contributed by atoms with Crippen LogP contribution < -0.4 is 14.8 Å². The molecule has 2 aliphatic heterocycles. The van der Waals surface area contributed by atoms with Crippen LogP contribution in [0.1, 0.15) is 36.8 Å². The number of amides is 1. The molecule has 2 aliphatic rings. The predicted octanol–water partition coefficient (Wildman–Crippen LogP) is 3.57. The molecule has 154 valence electrons. The number of benzene rings is 1. The van der Waals surface area contributed by atoms with Gasteiger partial charge in [0.2, 0.25) is 12.7 Å². The number of nitrogens with one attached hydrogen (secondary N) is 1. The molecule has 0 unspecified atom stereocenters. The van der Waals surface area contributed by atoms with Crippen molar-refractivity contribution < 1.29 is 14.3 Å². The molecule has 0 bridgehead atoms. The van der Waals surface area contributed by atoms with Crippen molar-refractivity contribution in [2.24, 2.45) is 0 Å². The molecule has 6 nitrogen and oxygen atoms in total. The number of nitrogens with zero attached hydrogens (tertiary/aromatic N) is 2. The van der Waals surface area contributed by atoms with Crippen LogP contribution in [0.15, 0.2) is 36.7 Å². The Morgan fingerprint density at radius 3 is 2.83 bits per heavy atom. The molecular weight excluding hydrogens is 390 g/mol. The zero-order valence-corrected chi connectivity index (χ0v) is 17.2. The molecule has 0 radical (unpaired) electrons. The quantitative estimate of drug-likeness (QED) is 0.634. The molecule has 1 fully saturated rings. The summed E-state index contributed by atoms with van der Waals surface area (Å²) in [5.41, 5.74) is 2.26. The summed E-state index contributed by atoms with van der Waals surface area (Å²) in [5, 5.41) is 4.13. The molecule has 0 spiro atoms. The van der Waals surface area contributed by atoms with Crippen molar-refractivity contribution in [2.45, 2.75) is 44.7 Å². The number of aromatic nitrogens is 1. The molecule has 29 heavy (non-hydrogen) atoms. The molecule has 7 heteroatoms. The molecule has 0 saturated carbocycles. The van der Waals surface area contributed by atoms with Crippen LogP contribution in [0.2, 0.25) is 5.02 Å². The van der Waals surface area contributed by atoms with E-state index in [9.17, 15) is 4.79 Å². The lowest BCUT2D eigenvalue weighted by Gasteiger charge is -2.25. The van der Waals surface area contributed by atoms with Gasteiger partial charge in [-0.1, -0.05) is 11.6 Å². The summed E-state index contributed by atoms with van der Waals surface area (Å²) in [4.78, 5) is 18.4. The number of carbonyl (C=O) groups excluding carboxylic acids is 1. The van der Waals surface area contributed by atoms with Crippen LogP contribution in [0.5, 0.6) is 11.5 Å². The van der Waals surface area contributed by atoms with Gasteiger partial charge in [-0.2, -0.15) is 0 Å². The number of fused-ring (bicyclic) bond motifs is 1. The average molecular weight is 416 g/mol. The molecular formula is C22H26ClN3O3. The van der Waals surface area contributed by atoms with Gasteiger partial charge >= 0.3 is 0 Å². The smallest absolute Gasteiger partial charge is 0.231 e. The average Bonchev–Trinajstić information content (AvgIpc) is 3.32. The van der Waals surface area contributed by atoms with Crippen LogP contribution >= 0.6 is 11.6 Å². The largest absolute Gasteiger partial charge is 0.454 e. The van der Waals surface area contributed by atoms with E-state index in [4.69, 9.17) is 21.1 Å². The minimum absolute atomic E-state index is 0.245. The van der Waals surface area contributed by atoms with Gasteiger partial charge in [0, 0.05) is 49.0 Å². The van der Waals surface area contributed by atoms with Gasteiger partial charge in [-0.15, -0.1) is 0 Å². The van der Waals surface area contributed by atoms with Crippen LogP contribution in [0.25, 0.3) is 0 Å². The lowest BCUT2D eigenvalue weighted by Crippen LogP contribution is -2.36. The number of pyridine rings is 1. The van der Waals surface area contributed by atoms with Gasteiger partial charge in [-0.25, -0.2) is 0 Å². The first-order valence-corrected chi connectivity index (χ1v) is 10.6. The molecule has 1 N–H and O–H groups in total. The van der Waals surface area contributed by atoms with Crippen molar-refractivity contribution in [3.63, 3.8) is 0 Å². The molecule has 1 atom stereocenters. The fourth-order valence-corrected chi connectivity index (χ4v) is 4.21. The van der Waals surface area contributed by atoms with Crippen molar-refractivity contribution in [3.05, 3.63) is 52.8 Å². The van der Waals surface area contributed by atoms with Crippen molar-refractivity contribution in [1.82, 2.24) is 15.2 Å². The van der Waals surface area contributed by atoms with Gasteiger partial charge in [0.05, 0.1) is 0 Å². The Hall–Kier alpha value is -2.31. The third kappa shape index (κ3) is 5.00. The third-order valence-electron chi connectivity index (χ3n) is 5.58. The summed E-state index contributed by atoms with van der Waals surface area (Å²) in [5.74, 6) is 1.72. The summed E-state index contributed by atoms with van der Waals surface area (Å²) >= 11 is 6.33. The Morgan fingerprint density at radius 2 is 2.00 bits per heavy atom.